The van der Waals surface area contributed by atoms with Crippen molar-refractivity contribution in [2.45, 2.75) is 18.8 Å². The Balaban J connectivity index is 1.38. The summed E-state index contributed by atoms with van der Waals surface area (Å²) in [6.07, 6.45) is 4.03. The minimum absolute atomic E-state index is 0.216. The normalized spacial score (nSPS) is 13.9. The van der Waals surface area contributed by atoms with Crippen molar-refractivity contribution < 1.29 is 4.79 Å². The Morgan fingerprint density at radius 2 is 1.47 bits per heavy atom. The Hall–Kier alpha value is -4.05. The predicted molar refractivity (Wildman–Crippen MR) is 130 cm³/mol. The fourth-order valence-electron chi connectivity index (χ4n) is 4.38. The van der Waals surface area contributed by atoms with Gasteiger partial charge in [0, 0.05) is 22.6 Å². The molecule has 1 aromatic heterocycles. The van der Waals surface area contributed by atoms with Gasteiger partial charge in [0.1, 0.15) is 0 Å². The molecule has 154 valence electrons. The van der Waals surface area contributed by atoms with Crippen molar-refractivity contribution in [1.82, 2.24) is 10.4 Å². The van der Waals surface area contributed by atoms with Crippen LogP contribution in [0, 0.1) is 0 Å². The van der Waals surface area contributed by atoms with Crippen LogP contribution in [0.4, 0.5) is 0 Å². The molecule has 1 saturated carbocycles. The third-order valence-corrected chi connectivity index (χ3v) is 6.15. The molecule has 1 N–H and O–H groups in total. The number of nitrogens with zero attached hydrogens (tertiary/aromatic N) is 2. The summed E-state index contributed by atoms with van der Waals surface area (Å²) in [5, 5.41) is 9.72. The number of hydrogen-bond acceptors (Lipinski definition) is 3. The molecular weight excluding hydrogens is 394 g/mol. The molecule has 4 heteroatoms. The third kappa shape index (κ3) is 3.30. The highest BCUT2D eigenvalue weighted by molar-refractivity contribution is 6.13. The Bertz CT molecular complexity index is 1480. The zero-order valence-electron chi connectivity index (χ0n) is 17.5. The molecular formula is C28H21N3O. The van der Waals surface area contributed by atoms with Crippen molar-refractivity contribution in [3.8, 4) is 0 Å². The van der Waals surface area contributed by atoms with E-state index in [0.717, 1.165) is 56.5 Å². The van der Waals surface area contributed by atoms with Gasteiger partial charge in [-0.2, -0.15) is 5.10 Å². The smallest absolute Gasteiger partial charge is 0.267 e. The number of hydrogen-bond donors (Lipinski definition) is 1. The van der Waals surface area contributed by atoms with Gasteiger partial charge in [0.15, 0.2) is 0 Å². The molecule has 1 aliphatic rings. The summed E-state index contributed by atoms with van der Waals surface area (Å²) in [7, 11) is 0. The Kier molecular flexibility index (Phi) is 4.43. The molecule has 1 fully saturated rings. The molecule has 0 saturated heterocycles. The fourth-order valence-corrected chi connectivity index (χ4v) is 4.38. The summed E-state index contributed by atoms with van der Waals surface area (Å²) < 4.78 is 0. The molecule has 0 atom stereocenters. The lowest BCUT2D eigenvalue weighted by Gasteiger charge is -2.09. The van der Waals surface area contributed by atoms with E-state index in [1.807, 2.05) is 54.6 Å². The molecule has 0 aliphatic heterocycles. The zero-order valence-corrected chi connectivity index (χ0v) is 17.5. The first-order chi connectivity index (χ1) is 15.8. The summed E-state index contributed by atoms with van der Waals surface area (Å²) in [5.41, 5.74) is 6.23. The number of benzene rings is 4. The van der Waals surface area contributed by atoms with Gasteiger partial charge in [0.25, 0.3) is 5.91 Å². The fraction of sp³-hybridized carbons (Fsp3) is 0.107. The average Bonchev–Trinajstić information content (AvgIpc) is 3.68. The largest absolute Gasteiger partial charge is 0.272 e. The number of aromatic nitrogens is 1. The summed E-state index contributed by atoms with van der Waals surface area (Å²) in [5.74, 6) is 0.253. The van der Waals surface area contributed by atoms with Crippen LogP contribution in [0.3, 0.4) is 0 Å². The van der Waals surface area contributed by atoms with E-state index in [1.165, 1.54) is 0 Å². The second-order valence-electron chi connectivity index (χ2n) is 8.32. The van der Waals surface area contributed by atoms with E-state index in [2.05, 4.69) is 40.9 Å². The van der Waals surface area contributed by atoms with Crippen molar-refractivity contribution >= 4 is 44.6 Å². The number of rotatable bonds is 4. The average molecular weight is 415 g/mol. The molecule has 0 bridgehead atoms. The number of fused-ring (bicyclic) bond motifs is 3. The Labute approximate surface area is 185 Å². The molecule has 0 radical (unpaired) electrons. The summed E-state index contributed by atoms with van der Waals surface area (Å²) in [6, 6.07) is 28.4. The topological polar surface area (TPSA) is 54.4 Å². The van der Waals surface area contributed by atoms with Crippen LogP contribution in [0.15, 0.2) is 90.0 Å². The maximum Gasteiger partial charge on any atom is 0.272 e. The van der Waals surface area contributed by atoms with E-state index in [-0.39, 0.29) is 5.91 Å². The molecule has 0 spiro atoms. The molecule has 0 unspecified atom stereocenters. The number of nitrogens with one attached hydrogen (secondary N) is 1. The number of hydrazone groups is 1. The van der Waals surface area contributed by atoms with Crippen molar-refractivity contribution in [1.29, 1.82) is 0 Å². The number of para-hydroxylation sites is 1. The van der Waals surface area contributed by atoms with Gasteiger partial charge >= 0.3 is 0 Å². The van der Waals surface area contributed by atoms with Crippen molar-refractivity contribution in [3.63, 3.8) is 0 Å². The van der Waals surface area contributed by atoms with Crippen LogP contribution in [-0.4, -0.2) is 17.1 Å². The highest BCUT2D eigenvalue weighted by atomic mass is 16.2. The second kappa shape index (κ2) is 7.57. The molecule has 32 heavy (non-hydrogen) atoms. The third-order valence-electron chi connectivity index (χ3n) is 6.15. The summed E-state index contributed by atoms with van der Waals surface area (Å²) >= 11 is 0. The van der Waals surface area contributed by atoms with Crippen LogP contribution in [0.1, 0.15) is 40.4 Å². The lowest BCUT2D eigenvalue weighted by molar-refractivity contribution is 0.0956. The van der Waals surface area contributed by atoms with Gasteiger partial charge in [-0.05, 0) is 52.6 Å². The highest BCUT2D eigenvalue weighted by Crippen LogP contribution is 2.40. The van der Waals surface area contributed by atoms with Gasteiger partial charge in [0.2, 0.25) is 0 Å². The molecule has 1 aliphatic carbocycles. The van der Waals surface area contributed by atoms with E-state index < -0.39 is 0 Å². The number of pyridine rings is 1. The van der Waals surface area contributed by atoms with Crippen molar-refractivity contribution in [2.24, 2.45) is 5.10 Å². The van der Waals surface area contributed by atoms with Crippen LogP contribution >= 0.6 is 0 Å². The first-order valence-electron chi connectivity index (χ1n) is 10.9. The minimum atomic E-state index is -0.216. The molecule has 4 aromatic carbocycles. The second-order valence-corrected chi connectivity index (χ2v) is 8.32. The van der Waals surface area contributed by atoms with E-state index in [9.17, 15) is 4.79 Å². The first kappa shape index (κ1) is 18.7. The molecule has 1 amide bonds. The van der Waals surface area contributed by atoms with E-state index >= 15 is 0 Å². The number of carbonyl (C=O) groups is 1. The Morgan fingerprint density at radius 3 is 2.16 bits per heavy atom. The lowest BCUT2D eigenvalue weighted by Crippen LogP contribution is -2.18. The predicted octanol–water partition coefficient (Wildman–Crippen LogP) is 6.18. The van der Waals surface area contributed by atoms with Gasteiger partial charge in [0.05, 0.1) is 17.3 Å². The standard InChI is InChI=1S/C28H21N3O/c32-28(24-16-27(18-13-14-18)30-26-12-6-5-11-23(24)26)31-29-17-25-21-9-3-1-7-19(21)15-20-8-2-4-10-22(20)25/h1-12,15-18H,13-14H2,(H,31,32)/b29-17+. The van der Waals surface area contributed by atoms with E-state index in [0.29, 0.717) is 11.5 Å². The zero-order chi connectivity index (χ0) is 21.5. The monoisotopic (exact) mass is 415 g/mol. The molecule has 1 heterocycles. The van der Waals surface area contributed by atoms with E-state index in [4.69, 9.17) is 4.98 Å². The van der Waals surface area contributed by atoms with Crippen molar-refractivity contribution in [3.05, 3.63) is 102 Å². The SMILES string of the molecule is O=C(N/N=C/c1c2ccccc2cc2ccccc12)c1cc(C2CC2)nc2ccccc12. The maximum absolute atomic E-state index is 13.1. The summed E-state index contributed by atoms with van der Waals surface area (Å²) in [6.45, 7) is 0. The number of amides is 1. The minimum Gasteiger partial charge on any atom is -0.267 e. The highest BCUT2D eigenvalue weighted by Gasteiger charge is 2.26. The van der Waals surface area contributed by atoms with Crippen LogP contribution in [-0.2, 0) is 0 Å². The quantitative estimate of drug-likeness (QED) is 0.216. The molecule has 4 nitrogen and oxygen atoms in total. The van der Waals surface area contributed by atoms with Crippen LogP contribution in [0.25, 0.3) is 32.4 Å². The summed E-state index contributed by atoms with van der Waals surface area (Å²) in [4.78, 5) is 17.9. The van der Waals surface area contributed by atoms with Gasteiger partial charge < -0.3 is 0 Å². The van der Waals surface area contributed by atoms with Crippen molar-refractivity contribution in [2.75, 3.05) is 0 Å². The number of carbonyl (C=O) groups excluding carboxylic acids is 1. The van der Waals surface area contributed by atoms with Crippen LogP contribution in [0.5, 0.6) is 0 Å². The lowest BCUT2D eigenvalue weighted by atomic mass is 9.97. The molecule has 6 rings (SSSR count). The van der Waals surface area contributed by atoms with Gasteiger partial charge in [-0.25, -0.2) is 5.43 Å². The van der Waals surface area contributed by atoms with Gasteiger partial charge in [-0.15, -0.1) is 0 Å². The maximum atomic E-state index is 13.1. The molecule has 5 aromatic rings. The van der Waals surface area contributed by atoms with Gasteiger partial charge in [-0.1, -0.05) is 66.7 Å². The first-order valence-corrected chi connectivity index (χ1v) is 10.9. The van der Waals surface area contributed by atoms with E-state index in [1.54, 1.807) is 6.21 Å². The van der Waals surface area contributed by atoms with Crippen LogP contribution < -0.4 is 5.43 Å². The van der Waals surface area contributed by atoms with Gasteiger partial charge in [-0.3, -0.25) is 9.78 Å². The Morgan fingerprint density at radius 1 is 0.844 bits per heavy atom. The van der Waals surface area contributed by atoms with Crippen LogP contribution in [0.2, 0.25) is 0 Å².